The second kappa shape index (κ2) is 5.66. The van der Waals surface area contributed by atoms with E-state index < -0.39 is 10.8 Å². The van der Waals surface area contributed by atoms with Crippen LogP contribution in [0.3, 0.4) is 0 Å². The summed E-state index contributed by atoms with van der Waals surface area (Å²) in [5.74, 6) is -0.357. The Bertz CT molecular complexity index is 688. The minimum atomic E-state index is -0.593. The first kappa shape index (κ1) is 14.0. The summed E-state index contributed by atoms with van der Waals surface area (Å²) >= 11 is 5.79. The maximum Gasteiger partial charge on any atom is 0.282 e. The Balaban J connectivity index is 2.37. The van der Waals surface area contributed by atoms with Crippen LogP contribution in [0.15, 0.2) is 36.5 Å². The lowest BCUT2D eigenvalue weighted by molar-refractivity contribution is -0.385. The summed E-state index contributed by atoms with van der Waals surface area (Å²) in [6.45, 7) is 1.63. The van der Waals surface area contributed by atoms with Crippen molar-refractivity contribution in [3.63, 3.8) is 0 Å². The molecule has 0 aliphatic rings. The summed E-state index contributed by atoms with van der Waals surface area (Å²) in [6.07, 6.45) is 1.43. The van der Waals surface area contributed by atoms with E-state index in [1.54, 1.807) is 19.1 Å². The zero-order valence-corrected chi connectivity index (χ0v) is 11.2. The molecule has 20 heavy (non-hydrogen) atoms. The topological polar surface area (TPSA) is 85.1 Å². The van der Waals surface area contributed by atoms with Crippen LogP contribution < -0.4 is 5.32 Å². The smallest absolute Gasteiger partial charge is 0.282 e. The first-order valence-corrected chi connectivity index (χ1v) is 6.04. The van der Waals surface area contributed by atoms with E-state index in [0.717, 1.165) is 0 Å². The number of nitro groups is 1. The Kier molecular flexibility index (Phi) is 3.95. The van der Waals surface area contributed by atoms with Crippen molar-refractivity contribution in [3.8, 4) is 0 Å². The molecule has 1 aromatic carbocycles. The van der Waals surface area contributed by atoms with Gasteiger partial charge in [0.15, 0.2) is 0 Å². The van der Waals surface area contributed by atoms with Gasteiger partial charge in [0.25, 0.3) is 11.6 Å². The number of nitro benzene ring substituents is 1. The van der Waals surface area contributed by atoms with E-state index in [0.29, 0.717) is 10.6 Å². The van der Waals surface area contributed by atoms with Crippen molar-refractivity contribution in [1.29, 1.82) is 0 Å². The first-order chi connectivity index (χ1) is 9.49. The molecule has 0 bridgehead atoms. The summed E-state index contributed by atoms with van der Waals surface area (Å²) in [5.41, 5.74) is 0.280. The molecule has 102 valence electrons. The number of nitrogens with one attached hydrogen (secondary N) is 1. The van der Waals surface area contributed by atoms with Crippen LogP contribution in [0.1, 0.15) is 15.9 Å². The molecule has 0 saturated carbocycles. The molecule has 0 radical (unpaired) electrons. The van der Waals surface area contributed by atoms with Crippen molar-refractivity contribution >= 4 is 29.0 Å². The highest BCUT2D eigenvalue weighted by Crippen LogP contribution is 2.23. The number of aryl methyl sites for hydroxylation is 1. The molecule has 1 amide bonds. The van der Waals surface area contributed by atoms with Gasteiger partial charge >= 0.3 is 0 Å². The van der Waals surface area contributed by atoms with E-state index in [-0.39, 0.29) is 17.1 Å². The fourth-order valence-electron chi connectivity index (χ4n) is 1.75. The maximum atomic E-state index is 12.2. The summed E-state index contributed by atoms with van der Waals surface area (Å²) in [7, 11) is 0. The van der Waals surface area contributed by atoms with Crippen LogP contribution in [0.2, 0.25) is 5.02 Å². The molecule has 0 fully saturated rings. The SMILES string of the molecule is Cc1cccc([N+](=O)[O-])c1C(=O)Nc1cc(Cl)ccn1. The average molecular weight is 292 g/mol. The molecule has 2 rings (SSSR count). The van der Waals surface area contributed by atoms with E-state index in [4.69, 9.17) is 11.6 Å². The average Bonchev–Trinajstić information content (AvgIpc) is 2.38. The number of carbonyl (C=O) groups excluding carboxylic acids is 1. The lowest BCUT2D eigenvalue weighted by atomic mass is 10.1. The third-order valence-corrected chi connectivity index (χ3v) is 2.87. The van der Waals surface area contributed by atoms with Gasteiger partial charge < -0.3 is 5.32 Å². The van der Waals surface area contributed by atoms with E-state index in [1.165, 1.54) is 24.4 Å². The fraction of sp³-hybridized carbons (Fsp3) is 0.0769. The summed E-state index contributed by atoms with van der Waals surface area (Å²) in [5, 5.41) is 13.9. The van der Waals surface area contributed by atoms with Crippen molar-refractivity contribution in [1.82, 2.24) is 4.98 Å². The molecule has 0 saturated heterocycles. The quantitative estimate of drug-likeness (QED) is 0.695. The standard InChI is InChI=1S/C13H10ClN3O3/c1-8-3-2-4-10(17(19)20)12(8)13(18)16-11-7-9(14)5-6-15-11/h2-7H,1H3,(H,15,16,18). The lowest BCUT2D eigenvalue weighted by Gasteiger charge is -2.07. The molecular weight excluding hydrogens is 282 g/mol. The summed E-state index contributed by atoms with van der Waals surface area (Å²) in [4.78, 5) is 26.5. The van der Waals surface area contributed by atoms with Crippen molar-refractivity contribution in [3.05, 3.63) is 62.8 Å². The molecule has 0 atom stereocenters. The highest BCUT2D eigenvalue weighted by molar-refractivity contribution is 6.30. The normalized spacial score (nSPS) is 10.1. The molecule has 0 aliphatic carbocycles. The Hall–Kier alpha value is -2.47. The van der Waals surface area contributed by atoms with Crippen LogP contribution in [-0.4, -0.2) is 15.8 Å². The second-order valence-electron chi connectivity index (χ2n) is 4.04. The fourth-order valence-corrected chi connectivity index (χ4v) is 1.91. The van der Waals surface area contributed by atoms with Gasteiger partial charge in [-0.15, -0.1) is 0 Å². The zero-order chi connectivity index (χ0) is 14.7. The Morgan fingerprint density at radius 3 is 2.80 bits per heavy atom. The Morgan fingerprint density at radius 1 is 1.40 bits per heavy atom. The molecule has 2 aromatic rings. The zero-order valence-electron chi connectivity index (χ0n) is 10.5. The number of carbonyl (C=O) groups is 1. The van der Waals surface area contributed by atoms with Crippen LogP contribution >= 0.6 is 11.6 Å². The number of aromatic nitrogens is 1. The molecule has 0 aliphatic heterocycles. The molecule has 1 heterocycles. The maximum absolute atomic E-state index is 12.2. The van der Waals surface area contributed by atoms with Gasteiger partial charge in [-0.05, 0) is 24.6 Å². The van der Waals surface area contributed by atoms with Crippen molar-refractivity contribution in [2.24, 2.45) is 0 Å². The van der Waals surface area contributed by atoms with Gasteiger partial charge in [0.1, 0.15) is 11.4 Å². The van der Waals surface area contributed by atoms with Gasteiger partial charge in [-0.25, -0.2) is 4.98 Å². The predicted octanol–water partition coefficient (Wildman–Crippen LogP) is 3.20. The van der Waals surface area contributed by atoms with Gasteiger partial charge in [0.05, 0.1) is 4.92 Å². The van der Waals surface area contributed by atoms with Gasteiger partial charge in [0, 0.05) is 17.3 Å². The number of anilines is 1. The van der Waals surface area contributed by atoms with Gasteiger partial charge in [0.2, 0.25) is 0 Å². The monoisotopic (exact) mass is 291 g/mol. The van der Waals surface area contributed by atoms with Crippen LogP contribution in [0.4, 0.5) is 11.5 Å². The van der Waals surface area contributed by atoms with E-state index in [1.807, 2.05) is 0 Å². The second-order valence-corrected chi connectivity index (χ2v) is 4.48. The van der Waals surface area contributed by atoms with E-state index >= 15 is 0 Å². The molecule has 1 aromatic heterocycles. The largest absolute Gasteiger partial charge is 0.306 e. The number of nitrogens with zero attached hydrogens (tertiary/aromatic N) is 2. The molecule has 7 heteroatoms. The van der Waals surface area contributed by atoms with Crippen LogP contribution in [0.5, 0.6) is 0 Å². The number of rotatable bonds is 3. The number of benzene rings is 1. The van der Waals surface area contributed by atoms with Crippen LogP contribution in [0.25, 0.3) is 0 Å². The highest BCUT2D eigenvalue weighted by Gasteiger charge is 2.22. The number of halogens is 1. The molecule has 0 spiro atoms. The van der Waals surface area contributed by atoms with Gasteiger partial charge in [-0.2, -0.15) is 0 Å². The number of pyridine rings is 1. The van der Waals surface area contributed by atoms with E-state index in [9.17, 15) is 14.9 Å². The predicted molar refractivity (Wildman–Crippen MR) is 75.0 cm³/mol. The first-order valence-electron chi connectivity index (χ1n) is 5.66. The number of amides is 1. The molecule has 0 unspecified atom stereocenters. The van der Waals surface area contributed by atoms with Gasteiger partial charge in [-0.1, -0.05) is 23.7 Å². The number of hydrogen-bond acceptors (Lipinski definition) is 4. The third kappa shape index (κ3) is 2.92. The highest BCUT2D eigenvalue weighted by atomic mass is 35.5. The van der Waals surface area contributed by atoms with Gasteiger partial charge in [-0.3, -0.25) is 14.9 Å². The van der Waals surface area contributed by atoms with Crippen LogP contribution in [0, 0.1) is 17.0 Å². The lowest BCUT2D eigenvalue weighted by Crippen LogP contribution is -2.16. The number of hydrogen-bond donors (Lipinski definition) is 1. The van der Waals surface area contributed by atoms with Crippen molar-refractivity contribution in [2.75, 3.05) is 5.32 Å². The Labute approximate surface area is 119 Å². The minimum Gasteiger partial charge on any atom is -0.306 e. The minimum absolute atomic E-state index is 0.0132. The molecule has 1 N–H and O–H groups in total. The van der Waals surface area contributed by atoms with Crippen molar-refractivity contribution < 1.29 is 9.72 Å². The molecule has 6 nitrogen and oxygen atoms in total. The van der Waals surface area contributed by atoms with Crippen molar-refractivity contribution in [2.45, 2.75) is 6.92 Å². The molecular formula is C13H10ClN3O3. The van der Waals surface area contributed by atoms with Crippen LogP contribution in [-0.2, 0) is 0 Å². The van der Waals surface area contributed by atoms with E-state index in [2.05, 4.69) is 10.3 Å². The summed E-state index contributed by atoms with van der Waals surface area (Å²) in [6, 6.07) is 7.47. The summed E-state index contributed by atoms with van der Waals surface area (Å²) < 4.78 is 0. The third-order valence-electron chi connectivity index (χ3n) is 2.64. The Morgan fingerprint density at radius 2 is 2.15 bits per heavy atom.